The number of benzene rings is 3. The molecule has 3 atom stereocenters. The zero-order valence-corrected chi connectivity index (χ0v) is 22.7. The summed E-state index contributed by atoms with van der Waals surface area (Å²) < 4.78 is 18.9. The van der Waals surface area contributed by atoms with E-state index in [1.54, 1.807) is 36.2 Å². The number of fused-ring (bicyclic) bond motifs is 1. The minimum absolute atomic E-state index is 0.0589. The van der Waals surface area contributed by atoms with Crippen LogP contribution in [-0.4, -0.2) is 71.1 Å². The number of methoxy groups -OCH3 is 1. The van der Waals surface area contributed by atoms with Crippen LogP contribution >= 0.6 is 0 Å². The number of ether oxygens (including phenoxy) is 1. The Labute approximate surface area is 232 Å². The van der Waals surface area contributed by atoms with Gasteiger partial charge in [-0.05, 0) is 47.9 Å². The number of hydrogen-bond acceptors (Lipinski definition) is 5. The van der Waals surface area contributed by atoms with Crippen LogP contribution in [-0.2, 0) is 16.1 Å². The molecule has 3 aromatic rings. The van der Waals surface area contributed by atoms with Gasteiger partial charge in [0.25, 0.3) is 5.91 Å². The van der Waals surface area contributed by atoms with Crippen LogP contribution in [0.1, 0.15) is 35.7 Å². The fraction of sp³-hybridized carbons (Fsp3) is 0.300. The Balaban J connectivity index is 1.47. The van der Waals surface area contributed by atoms with Gasteiger partial charge < -0.3 is 19.9 Å². The summed E-state index contributed by atoms with van der Waals surface area (Å²) >= 11 is 0. The van der Waals surface area contributed by atoms with Crippen molar-refractivity contribution in [2.75, 3.05) is 27.2 Å². The van der Waals surface area contributed by atoms with Gasteiger partial charge in [0.1, 0.15) is 23.8 Å². The molecule has 208 valence electrons. The molecular weight excluding hydrogens is 513 g/mol. The second-order valence-corrected chi connectivity index (χ2v) is 9.98. The summed E-state index contributed by atoms with van der Waals surface area (Å²) in [6, 6.07) is 20.8. The molecule has 1 N–H and O–H groups in total. The highest BCUT2D eigenvalue weighted by Crippen LogP contribution is 2.37. The molecular formula is C30H32FN5O4. The van der Waals surface area contributed by atoms with Gasteiger partial charge in [0.15, 0.2) is 0 Å². The first-order valence-electron chi connectivity index (χ1n) is 13.1. The number of piperazine rings is 1. The van der Waals surface area contributed by atoms with E-state index in [9.17, 15) is 18.8 Å². The summed E-state index contributed by atoms with van der Waals surface area (Å²) in [5, 5.41) is 6.05. The third-order valence-electron chi connectivity index (χ3n) is 7.52. The van der Waals surface area contributed by atoms with Crippen molar-refractivity contribution < 1.29 is 23.5 Å². The van der Waals surface area contributed by atoms with Gasteiger partial charge in [-0.3, -0.25) is 9.59 Å². The van der Waals surface area contributed by atoms with Crippen LogP contribution in [0.4, 0.5) is 9.18 Å². The van der Waals surface area contributed by atoms with E-state index < -0.39 is 24.3 Å². The lowest BCUT2D eigenvalue weighted by Crippen LogP contribution is -2.73. The number of carbonyl (C=O) groups excluding carboxylic acids is 3. The molecule has 10 heteroatoms. The van der Waals surface area contributed by atoms with Crippen molar-refractivity contribution >= 4 is 17.8 Å². The van der Waals surface area contributed by atoms with E-state index in [1.807, 2.05) is 61.5 Å². The Kier molecular flexibility index (Phi) is 7.70. The number of urea groups is 1. The minimum atomic E-state index is -0.916. The predicted molar refractivity (Wildman–Crippen MR) is 146 cm³/mol. The topological polar surface area (TPSA) is 85.4 Å². The number of hydrazine groups is 1. The van der Waals surface area contributed by atoms with E-state index in [4.69, 9.17) is 4.74 Å². The summed E-state index contributed by atoms with van der Waals surface area (Å²) in [7, 11) is 3.28. The summed E-state index contributed by atoms with van der Waals surface area (Å²) in [6.45, 7) is 2.17. The normalized spacial score (nSPS) is 20.2. The van der Waals surface area contributed by atoms with E-state index in [1.165, 1.54) is 22.0 Å². The molecule has 3 aromatic carbocycles. The highest BCUT2D eigenvalue weighted by molar-refractivity contribution is 5.92. The monoisotopic (exact) mass is 545 g/mol. The maximum Gasteiger partial charge on any atom is 0.334 e. The van der Waals surface area contributed by atoms with Gasteiger partial charge in [0.05, 0.1) is 26.2 Å². The van der Waals surface area contributed by atoms with Crippen LogP contribution < -0.4 is 10.1 Å². The van der Waals surface area contributed by atoms with Crippen LogP contribution in [0.25, 0.3) is 0 Å². The molecule has 0 bridgehead atoms. The summed E-state index contributed by atoms with van der Waals surface area (Å²) in [5.74, 6) is -0.151. The lowest BCUT2D eigenvalue weighted by molar-refractivity contribution is -0.189. The Hall–Kier alpha value is -4.44. The van der Waals surface area contributed by atoms with E-state index >= 15 is 0 Å². The fourth-order valence-corrected chi connectivity index (χ4v) is 5.39. The molecule has 0 spiro atoms. The quantitative estimate of drug-likeness (QED) is 0.511. The molecule has 2 aliphatic rings. The second-order valence-electron chi connectivity index (χ2n) is 9.98. The molecule has 1 unspecified atom stereocenters. The number of likely N-dealkylation sites (N-methyl/N-ethyl adjacent to an activating group) is 1. The lowest BCUT2D eigenvalue weighted by Gasteiger charge is -2.55. The summed E-state index contributed by atoms with van der Waals surface area (Å²) in [4.78, 5) is 44.3. The van der Waals surface area contributed by atoms with E-state index in [-0.39, 0.29) is 37.3 Å². The smallest absolute Gasteiger partial charge is 0.334 e. The Morgan fingerprint density at radius 3 is 2.35 bits per heavy atom. The molecule has 0 radical (unpaired) electrons. The molecule has 4 amide bonds. The molecule has 0 aliphatic carbocycles. The van der Waals surface area contributed by atoms with Crippen molar-refractivity contribution in [3.05, 3.63) is 101 Å². The summed E-state index contributed by atoms with van der Waals surface area (Å²) in [6.07, 6.45) is -0.757. The van der Waals surface area contributed by atoms with Crippen molar-refractivity contribution in [3.8, 4) is 5.75 Å². The number of carbonyl (C=O) groups is 3. The SMILES string of the molecule is COc1ccc(CNC(=O)N2[C@H]3CN(C(C)c4ccc(F)cc4)C(=O)[C@H](c4ccccc4)N3C(=O)CN2C)cc1. The molecule has 2 aliphatic heterocycles. The maximum absolute atomic E-state index is 14.0. The van der Waals surface area contributed by atoms with E-state index in [0.29, 0.717) is 11.3 Å². The largest absolute Gasteiger partial charge is 0.497 e. The van der Waals surface area contributed by atoms with Crippen molar-refractivity contribution in [1.29, 1.82) is 0 Å². The lowest BCUT2D eigenvalue weighted by atomic mass is 9.96. The standard InChI is InChI=1S/C30H32FN5O4/c1-20(22-11-13-24(31)14-12-22)34-18-26-35(28(29(34)38)23-7-5-4-6-8-23)27(37)19-33(2)36(26)30(39)32-17-21-9-15-25(40-3)16-10-21/h4-16,20,26,28H,17-19H2,1-3H3,(H,32,39)/t20?,26-,28-/m0/s1. The third-order valence-corrected chi connectivity index (χ3v) is 7.52. The van der Waals surface area contributed by atoms with Gasteiger partial charge in [0, 0.05) is 13.6 Å². The second kappa shape index (κ2) is 11.4. The molecule has 2 heterocycles. The van der Waals surface area contributed by atoms with E-state index in [2.05, 4.69) is 5.32 Å². The molecule has 5 rings (SSSR count). The first-order valence-corrected chi connectivity index (χ1v) is 13.1. The van der Waals surface area contributed by atoms with Gasteiger partial charge in [-0.2, -0.15) is 0 Å². The zero-order valence-electron chi connectivity index (χ0n) is 22.7. The molecule has 2 fully saturated rings. The molecule has 40 heavy (non-hydrogen) atoms. The van der Waals surface area contributed by atoms with Crippen molar-refractivity contribution in [3.63, 3.8) is 0 Å². The first kappa shape index (κ1) is 27.1. The van der Waals surface area contributed by atoms with Gasteiger partial charge in [-0.1, -0.05) is 54.6 Å². The predicted octanol–water partition coefficient (Wildman–Crippen LogP) is 3.71. The number of amides is 4. The van der Waals surface area contributed by atoms with Crippen LogP contribution in [0.5, 0.6) is 5.75 Å². The molecule has 2 saturated heterocycles. The highest BCUT2D eigenvalue weighted by atomic mass is 19.1. The van der Waals surface area contributed by atoms with Gasteiger partial charge in [-0.25, -0.2) is 19.2 Å². The highest BCUT2D eigenvalue weighted by Gasteiger charge is 2.52. The third kappa shape index (κ3) is 5.22. The number of nitrogens with one attached hydrogen (secondary N) is 1. The minimum Gasteiger partial charge on any atom is -0.497 e. The molecule has 0 aromatic heterocycles. The number of rotatable bonds is 6. The van der Waals surface area contributed by atoms with Gasteiger partial charge >= 0.3 is 6.03 Å². The van der Waals surface area contributed by atoms with Crippen molar-refractivity contribution in [1.82, 2.24) is 25.1 Å². The number of nitrogens with zero attached hydrogens (tertiary/aromatic N) is 4. The summed E-state index contributed by atoms with van der Waals surface area (Å²) in [5.41, 5.74) is 2.29. The first-order chi connectivity index (χ1) is 19.3. The van der Waals surface area contributed by atoms with Crippen LogP contribution in [0, 0.1) is 5.82 Å². The molecule has 9 nitrogen and oxygen atoms in total. The van der Waals surface area contributed by atoms with Gasteiger partial charge in [-0.15, -0.1) is 0 Å². The van der Waals surface area contributed by atoms with E-state index in [0.717, 1.165) is 11.1 Å². The number of hydrogen-bond donors (Lipinski definition) is 1. The average molecular weight is 546 g/mol. The van der Waals surface area contributed by atoms with Crippen LogP contribution in [0.15, 0.2) is 78.9 Å². The van der Waals surface area contributed by atoms with Crippen molar-refractivity contribution in [2.45, 2.75) is 31.7 Å². The Morgan fingerprint density at radius 1 is 1.02 bits per heavy atom. The fourth-order valence-electron chi connectivity index (χ4n) is 5.39. The van der Waals surface area contributed by atoms with Crippen molar-refractivity contribution in [2.24, 2.45) is 0 Å². The Bertz CT molecular complexity index is 1370. The zero-order chi connectivity index (χ0) is 28.4. The maximum atomic E-state index is 14.0. The van der Waals surface area contributed by atoms with Crippen LogP contribution in [0.3, 0.4) is 0 Å². The average Bonchev–Trinajstić information content (AvgIpc) is 2.96. The number of halogens is 1. The molecule has 0 saturated carbocycles. The Morgan fingerprint density at radius 2 is 1.70 bits per heavy atom. The van der Waals surface area contributed by atoms with Crippen LogP contribution in [0.2, 0.25) is 0 Å². The van der Waals surface area contributed by atoms with Gasteiger partial charge in [0.2, 0.25) is 5.91 Å².